The summed E-state index contributed by atoms with van der Waals surface area (Å²) in [7, 11) is 0. The molecule has 7 nitrogen and oxygen atoms in total. The van der Waals surface area contributed by atoms with Crippen LogP contribution in [0.4, 0.5) is 0 Å². The van der Waals surface area contributed by atoms with Crippen LogP contribution in [0.15, 0.2) is 52.5 Å². The first-order valence-corrected chi connectivity index (χ1v) is 9.19. The molecule has 134 valence electrons. The van der Waals surface area contributed by atoms with Gasteiger partial charge in [0.15, 0.2) is 0 Å². The largest absolute Gasteiger partial charge is 0.411 e. The fourth-order valence-corrected chi connectivity index (χ4v) is 3.14. The third-order valence-corrected chi connectivity index (χ3v) is 4.55. The van der Waals surface area contributed by atoms with Gasteiger partial charge in [-0.05, 0) is 37.6 Å². The zero-order valence-electron chi connectivity index (χ0n) is 14.5. The average molecular weight is 369 g/mol. The Morgan fingerprint density at radius 1 is 1.23 bits per heavy atom. The van der Waals surface area contributed by atoms with E-state index in [1.807, 2.05) is 26.0 Å². The van der Waals surface area contributed by atoms with Gasteiger partial charge in [-0.2, -0.15) is 0 Å². The van der Waals surface area contributed by atoms with Gasteiger partial charge >= 0.3 is 0 Å². The number of carbonyl (C=O) groups excluding carboxylic acids is 1. The molecule has 3 heterocycles. The first-order chi connectivity index (χ1) is 12.6. The highest BCUT2D eigenvalue weighted by molar-refractivity contribution is 7.99. The molecule has 0 radical (unpaired) electrons. The summed E-state index contributed by atoms with van der Waals surface area (Å²) in [6.45, 7) is 3.91. The van der Waals surface area contributed by atoms with E-state index < -0.39 is 0 Å². The first kappa shape index (κ1) is 18.1. The molecule has 0 saturated carbocycles. The maximum atomic E-state index is 12.1. The Balaban J connectivity index is 1.47. The van der Waals surface area contributed by atoms with Gasteiger partial charge < -0.3 is 9.73 Å². The van der Waals surface area contributed by atoms with Crippen molar-refractivity contribution in [3.8, 4) is 11.5 Å². The van der Waals surface area contributed by atoms with Crippen LogP contribution in [0.5, 0.6) is 0 Å². The Labute approximate surface area is 155 Å². The molecule has 0 bridgehead atoms. The minimum Gasteiger partial charge on any atom is -0.411 e. The number of aromatic nitrogens is 4. The Bertz CT molecular complexity index is 869. The molecule has 3 aromatic heterocycles. The highest BCUT2D eigenvalue weighted by Gasteiger charge is 2.14. The second-order valence-electron chi connectivity index (χ2n) is 5.70. The number of hydrogen-bond acceptors (Lipinski definition) is 7. The molecule has 0 aliphatic heterocycles. The van der Waals surface area contributed by atoms with Crippen LogP contribution in [0.2, 0.25) is 0 Å². The fourth-order valence-electron chi connectivity index (χ4n) is 2.44. The van der Waals surface area contributed by atoms with E-state index in [4.69, 9.17) is 4.42 Å². The molecule has 1 N–H and O–H groups in total. The zero-order valence-corrected chi connectivity index (χ0v) is 15.4. The number of hydrogen-bond donors (Lipinski definition) is 1. The van der Waals surface area contributed by atoms with Crippen molar-refractivity contribution in [2.24, 2.45) is 0 Å². The number of nitrogens with zero attached hydrogens (tertiary/aromatic N) is 4. The second kappa shape index (κ2) is 8.57. The predicted octanol–water partition coefficient (Wildman–Crippen LogP) is 3.19. The van der Waals surface area contributed by atoms with Crippen molar-refractivity contribution in [1.29, 1.82) is 0 Å². The lowest BCUT2D eigenvalue weighted by molar-refractivity contribution is -0.121. The molecule has 3 aromatic rings. The summed E-state index contributed by atoms with van der Waals surface area (Å²) in [5, 5.41) is 11.4. The van der Waals surface area contributed by atoms with Crippen LogP contribution in [-0.4, -0.2) is 31.8 Å². The fraction of sp³-hybridized carbons (Fsp3) is 0.278. The highest BCUT2D eigenvalue weighted by atomic mass is 32.2. The van der Waals surface area contributed by atoms with E-state index in [-0.39, 0.29) is 11.9 Å². The standard InChI is InChI=1S/C18H19N5O2S/c1-12-4-3-8-20-16(12)13(2)21-15(24)7-11-26-18-23-22-17(25-18)14-5-9-19-10-6-14/h3-6,8-10,13H,7,11H2,1-2H3,(H,21,24)/t13-/m0/s1. The molecule has 0 spiro atoms. The first-order valence-electron chi connectivity index (χ1n) is 8.21. The Hall–Kier alpha value is -2.74. The van der Waals surface area contributed by atoms with Gasteiger partial charge in [0, 0.05) is 36.3 Å². The summed E-state index contributed by atoms with van der Waals surface area (Å²) in [4.78, 5) is 20.4. The van der Waals surface area contributed by atoms with E-state index in [2.05, 4.69) is 25.5 Å². The molecule has 0 fully saturated rings. The van der Waals surface area contributed by atoms with Gasteiger partial charge in [-0.25, -0.2) is 0 Å². The third-order valence-electron chi connectivity index (χ3n) is 3.73. The van der Waals surface area contributed by atoms with E-state index >= 15 is 0 Å². The van der Waals surface area contributed by atoms with Crippen LogP contribution < -0.4 is 5.32 Å². The summed E-state index contributed by atoms with van der Waals surface area (Å²) < 4.78 is 5.59. The normalized spacial score (nSPS) is 11.9. The van der Waals surface area contributed by atoms with E-state index in [9.17, 15) is 4.79 Å². The van der Waals surface area contributed by atoms with Crippen LogP contribution in [-0.2, 0) is 4.79 Å². The molecule has 0 aromatic carbocycles. The molecule has 1 atom stereocenters. The van der Waals surface area contributed by atoms with Crippen LogP contribution >= 0.6 is 11.8 Å². The number of pyridine rings is 2. The smallest absolute Gasteiger partial charge is 0.276 e. The molecule has 0 saturated heterocycles. The molecule has 0 unspecified atom stereocenters. The summed E-state index contributed by atoms with van der Waals surface area (Å²) in [5.41, 5.74) is 2.76. The van der Waals surface area contributed by atoms with Crippen molar-refractivity contribution in [2.45, 2.75) is 31.5 Å². The van der Waals surface area contributed by atoms with Gasteiger partial charge in [0.05, 0.1) is 11.7 Å². The van der Waals surface area contributed by atoms with Crippen LogP contribution in [0.3, 0.4) is 0 Å². The van der Waals surface area contributed by atoms with E-state index in [1.165, 1.54) is 11.8 Å². The third kappa shape index (κ3) is 4.66. The van der Waals surface area contributed by atoms with Crippen LogP contribution in [0, 0.1) is 6.92 Å². The summed E-state index contributed by atoms with van der Waals surface area (Å²) in [5.74, 6) is 0.958. The topological polar surface area (TPSA) is 93.8 Å². The summed E-state index contributed by atoms with van der Waals surface area (Å²) in [6.07, 6.45) is 5.42. The second-order valence-corrected chi connectivity index (χ2v) is 6.75. The summed E-state index contributed by atoms with van der Waals surface area (Å²) >= 11 is 1.36. The van der Waals surface area contributed by atoms with Crippen molar-refractivity contribution in [2.75, 3.05) is 5.75 Å². The van der Waals surface area contributed by atoms with Crippen molar-refractivity contribution < 1.29 is 9.21 Å². The average Bonchev–Trinajstić information content (AvgIpc) is 3.11. The Kier molecular flexibility index (Phi) is 5.96. The predicted molar refractivity (Wildman–Crippen MR) is 98.4 cm³/mol. The maximum Gasteiger partial charge on any atom is 0.276 e. The van der Waals surface area contributed by atoms with E-state index in [0.29, 0.717) is 23.3 Å². The van der Waals surface area contributed by atoms with Gasteiger partial charge in [-0.1, -0.05) is 17.8 Å². The molecule has 26 heavy (non-hydrogen) atoms. The lowest BCUT2D eigenvalue weighted by Crippen LogP contribution is -2.27. The molecule has 0 aliphatic rings. The number of aryl methyl sites for hydroxylation is 1. The minimum absolute atomic E-state index is 0.0380. The SMILES string of the molecule is Cc1cccnc1[C@H](C)NC(=O)CCSc1nnc(-c2ccncc2)o1. The van der Waals surface area contributed by atoms with Crippen molar-refractivity contribution in [3.63, 3.8) is 0 Å². The Morgan fingerprint density at radius 3 is 2.81 bits per heavy atom. The van der Waals surface area contributed by atoms with Gasteiger partial charge in [0.25, 0.3) is 5.22 Å². The monoisotopic (exact) mass is 369 g/mol. The zero-order chi connectivity index (χ0) is 18.4. The van der Waals surface area contributed by atoms with E-state index in [0.717, 1.165) is 16.8 Å². The maximum absolute atomic E-state index is 12.1. The van der Waals surface area contributed by atoms with Crippen molar-refractivity contribution >= 4 is 17.7 Å². The number of thioether (sulfide) groups is 1. The Morgan fingerprint density at radius 2 is 2.04 bits per heavy atom. The van der Waals surface area contributed by atoms with Crippen molar-refractivity contribution in [3.05, 3.63) is 54.1 Å². The number of rotatable bonds is 7. The van der Waals surface area contributed by atoms with Gasteiger partial charge in [-0.3, -0.25) is 14.8 Å². The lowest BCUT2D eigenvalue weighted by atomic mass is 10.1. The lowest BCUT2D eigenvalue weighted by Gasteiger charge is -2.15. The molecular formula is C18H19N5O2S. The highest BCUT2D eigenvalue weighted by Crippen LogP contribution is 2.23. The minimum atomic E-state index is -0.129. The summed E-state index contributed by atoms with van der Waals surface area (Å²) in [6, 6.07) is 7.34. The molecular weight excluding hydrogens is 350 g/mol. The number of carbonyl (C=O) groups is 1. The van der Waals surface area contributed by atoms with E-state index in [1.54, 1.807) is 30.7 Å². The van der Waals surface area contributed by atoms with Gasteiger partial charge in [0.1, 0.15) is 0 Å². The number of nitrogens with one attached hydrogen (secondary N) is 1. The molecule has 1 amide bonds. The molecule has 3 rings (SSSR count). The molecule has 0 aliphatic carbocycles. The van der Waals surface area contributed by atoms with Gasteiger partial charge in [-0.15, -0.1) is 10.2 Å². The number of amides is 1. The quantitative estimate of drug-likeness (QED) is 0.639. The molecule has 8 heteroatoms. The van der Waals surface area contributed by atoms with Crippen LogP contribution in [0.1, 0.15) is 30.6 Å². The van der Waals surface area contributed by atoms with Crippen LogP contribution in [0.25, 0.3) is 11.5 Å². The van der Waals surface area contributed by atoms with Crippen molar-refractivity contribution in [1.82, 2.24) is 25.5 Å². The van der Waals surface area contributed by atoms with Gasteiger partial charge in [0.2, 0.25) is 11.8 Å².